The molecule has 0 aliphatic carbocycles. The molecule has 3 heterocycles. The van der Waals surface area contributed by atoms with Crippen molar-refractivity contribution in [2.75, 3.05) is 39.8 Å². The van der Waals surface area contributed by atoms with Crippen LogP contribution in [-0.4, -0.2) is 61.4 Å². The van der Waals surface area contributed by atoms with Gasteiger partial charge in [0.25, 0.3) is 0 Å². The summed E-state index contributed by atoms with van der Waals surface area (Å²) in [5.41, 5.74) is 1.57. The summed E-state index contributed by atoms with van der Waals surface area (Å²) in [6.07, 6.45) is 8.63. The maximum absolute atomic E-state index is 12.5. The summed E-state index contributed by atoms with van der Waals surface area (Å²) in [5.74, 6) is 0.563. The molecule has 0 aromatic carbocycles. The van der Waals surface area contributed by atoms with Crippen LogP contribution in [0.15, 0.2) is 11.6 Å². The molecule has 128 valence electrons. The van der Waals surface area contributed by atoms with E-state index in [9.17, 15) is 9.59 Å². The fraction of sp³-hybridized carbons (Fsp3) is 0.778. The highest BCUT2D eigenvalue weighted by atomic mass is 16.2. The first kappa shape index (κ1) is 16.5. The van der Waals surface area contributed by atoms with Crippen LogP contribution in [0.1, 0.15) is 44.9 Å². The molecule has 0 unspecified atom stereocenters. The maximum atomic E-state index is 12.5. The summed E-state index contributed by atoms with van der Waals surface area (Å²) in [4.78, 5) is 28.3. The number of rotatable bonds is 2. The number of carbonyl (C=O) groups excluding carboxylic acids is 2. The molecule has 5 heteroatoms. The van der Waals surface area contributed by atoms with Crippen molar-refractivity contribution in [1.82, 2.24) is 15.1 Å². The lowest BCUT2D eigenvalue weighted by atomic mass is 9.73. The maximum Gasteiger partial charge on any atom is 0.226 e. The Labute approximate surface area is 139 Å². The van der Waals surface area contributed by atoms with Crippen LogP contribution in [0.5, 0.6) is 0 Å². The lowest BCUT2D eigenvalue weighted by Gasteiger charge is -2.41. The van der Waals surface area contributed by atoms with Crippen molar-refractivity contribution in [3.63, 3.8) is 0 Å². The normalized spacial score (nSPS) is 25.3. The third-order valence-electron chi connectivity index (χ3n) is 5.99. The first-order valence-corrected chi connectivity index (χ1v) is 8.98. The molecule has 0 aromatic heterocycles. The number of carbonyl (C=O) groups is 2. The summed E-state index contributed by atoms with van der Waals surface area (Å²) < 4.78 is 0. The molecule has 0 aromatic rings. The van der Waals surface area contributed by atoms with E-state index in [4.69, 9.17) is 0 Å². The second kappa shape index (κ2) is 7.04. The molecule has 1 N–H and O–H groups in total. The van der Waals surface area contributed by atoms with Crippen LogP contribution >= 0.6 is 0 Å². The average Bonchev–Trinajstić information content (AvgIpc) is 2.71. The van der Waals surface area contributed by atoms with Gasteiger partial charge in [-0.05, 0) is 44.1 Å². The zero-order valence-electron chi connectivity index (χ0n) is 14.3. The van der Waals surface area contributed by atoms with Crippen LogP contribution in [0.4, 0.5) is 0 Å². The quantitative estimate of drug-likeness (QED) is 0.786. The number of likely N-dealkylation sites (tertiary alicyclic amines) is 2. The standard InChI is InChI=1S/C18H29N3O2/c1-20-11-6-18(5-2-16(20)22)7-12-21(13-8-18)17(23)14-15-3-9-19-10-4-15/h3,19H,2,4-14H2,1H3. The van der Waals surface area contributed by atoms with Crippen molar-refractivity contribution in [1.29, 1.82) is 0 Å². The van der Waals surface area contributed by atoms with E-state index in [0.717, 1.165) is 64.8 Å². The average molecular weight is 319 g/mol. The van der Waals surface area contributed by atoms with Gasteiger partial charge in [-0.3, -0.25) is 9.59 Å². The minimum absolute atomic E-state index is 0.276. The molecule has 3 aliphatic rings. The summed E-state index contributed by atoms with van der Waals surface area (Å²) in [6, 6.07) is 0. The van der Waals surface area contributed by atoms with Crippen molar-refractivity contribution in [3.05, 3.63) is 11.6 Å². The minimum Gasteiger partial charge on any atom is -0.346 e. The highest BCUT2D eigenvalue weighted by molar-refractivity contribution is 5.79. The number of nitrogens with one attached hydrogen (secondary N) is 1. The third-order valence-corrected chi connectivity index (χ3v) is 5.99. The van der Waals surface area contributed by atoms with Crippen molar-refractivity contribution in [2.24, 2.45) is 5.41 Å². The van der Waals surface area contributed by atoms with E-state index in [1.807, 2.05) is 16.8 Å². The van der Waals surface area contributed by atoms with Gasteiger partial charge in [0.05, 0.1) is 0 Å². The highest BCUT2D eigenvalue weighted by Crippen LogP contribution is 2.41. The van der Waals surface area contributed by atoms with E-state index in [1.54, 1.807) is 0 Å². The lowest BCUT2D eigenvalue weighted by molar-refractivity contribution is -0.133. The molecular weight excluding hydrogens is 290 g/mol. The SMILES string of the molecule is CN1CCC2(CCC1=O)CCN(C(=O)CC1=CCNCC1)CC2. The molecule has 0 bridgehead atoms. The molecule has 3 aliphatic heterocycles. The zero-order valence-corrected chi connectivity index (χ0v) is 14.3. The Bertz CT molecular complexity index is 492. The predicted molar refractivity (Wildman–Crippen MR) is 89.9 cm³/mol. The first-order chi connectivity index (χ1) is 11.1. The Kier molecular flexibility index (Phi) is 5.05. The van der Waals surface area contributed by atoms with Crippen LogP contribution < -0.4 is 5.32 Å². The number of piperidine rings is 1. The fourth-order valence-electron chi connectivity index (χ4n) is 4.08. The van der Waals surface area contributed by atoms with Gasteiger partial charge in [-0.1, -0.05) is 11.6 Å². The van der Waals surface area contributed by atoms with E-state index in [0.29, 0.717) is 12.8 Å². The van der Waals surface area contributed by atoms with Gasteiger partial charge >= 0.3 is 0 Å². The van der Waals surface area contributed by atoms with Gasteiger partial charge in [-0.25, -0.2) is 0 Å². The van der Waals surface area contributed by atoms with Gasteiger partial charge < -0.3 is 15.1 Å². The van der Waals surface area contributed by atoms with Crippen LogP contribution in [-0.2, 0) is 9.59 Å². The van der Waals surface area contributed by atoms with Gasteiger partial charge in [0.1, 0.15) is 0 Å². The summed E-state index contributed by atoms with van der Waals surface area (Å²) in [6.45, 7) is 4.48. The van der Waals surface area contributed by atoms with Crippen LogP contribution in [0.2, 0.25) is 0 Å². The largest absolute Gasteiger partial charge is 0.346 e. The summed E-state index contributed by atoms with van der Waals surface area (Å²) >= 11 is 0. The predicted octanol–water partition coefficient (Wildman–Crippen LogP) is 1.55. The smallest absolute Gasteiger partial charge is 0.226 e. The van der Waals surface area contributed by atoms with Gasteiger partial charge in [0.2, 0.25) is 11.8 Å². The molecule has 0 radical (unpaired) electrons. The molecule has 2 fully saturated rings. The molecule has 0 atom stereocenters. The monoisotopic (exact) mass is 319 g/mol. The first-order valence-electron chi connectivity index (χ1n) is 8.98. The minimum atomic E-state index is 0.276. The Balaban J connectivity index is 1.52. The molecule has 0 saturated carbocycles. The Morgan fingerprint density at radius 2 is 1.91 bits per heavy atom. The zero-order chi connectivity index (χ0) is 16.3. The van der Waals surface area contributed by atoms with Gasteiger partial charge in [-0.15, -0.1) is 0 Å². The van der Waals surface area contributed by atoms with E-state index in [-0.39, 0.29) is 17.2 Å². The molecule has 5 nitrogen and oxygen atoms in total. The summed E-state index contributed by atoms with van der Waals surface area (Å²) in [5, 5.41) is 3.29. The fourth-order valence-corrected chi connectivity index (χ4v) is 4.08. The summed E-state index contributed by atoms with van der Waals surface area (Å²) in [7, 11) is 1.91. The van der Waals surface area contributed by atoms with Crippen LogP contribution in [0.3, 0.4) is 0 Å². The van der Waals surface area contributed by atoms with Crippen molar-refractivity contribution >= 4 is 11.8 Å². The molecular formula is C18H29N3O2. The van der Waals surface area contributed by atoms with E-state index >= 15 is 0 Å². The van der Waals surface area contributed by atoms with E-state index in [1.165, 1.54) is 5.57 Å². The molecule has 3 rings (SSSR count). The molecule has 23 heavy (non-hydrogen) atoms. The van der Waals surface area contributed by atoms with E-state index in [2.05, 4.69) is 11.4 Å². The number of amides is 2. The lowest BCUT2D eigenvalue weighted by Crippen LogP contribution is -2.43. The number of nitrogens with zero attached hydrogens (tertiary/aromatic N) is 2. The molecule has 1 spiro atoms. The Morgan fingerprint density at radius 1 is 1.17 bits per heavy atom. The van der Waals surface area contributed by atoms with Gasteiger partial charge in [-0.2, -0.15) is 0 Å². The topological polar surface area (TPSA) is 52.7 Å². The second-order valence-electron chi connectivity index (χ2n) is 7.44. The van der Waals surface area contributed by atoms with Crippen molar-refractivity contribution in [3.8, 4) is 0 Å². The van der Waals surface area contributed by atoms with Crippen LogP contribution in [0, 0.1) is 5.41 Å². The molecule has 2 saturated heterocycles. The van der Waals surface area contributed by atoms with Crippen molar-refractivity contribution < 1.29 is 9.59 Å². The van der Waals surface area contributed by atoms with E-state index < -0.39 is 0 Å². The highest BCUT2D eigenvalue weighted by Gasteiger charge is 2.38. The second-order valence-corrected chi connectivity index (χ2v) is 7.44. The van der Waals surface area contributed by atoms with Gasteiger partial charge in [0, 0.05) is 46.1 Å². The number of hydrogen-bond acceptors (Lipinski definition) is 3. The molecule has 2 amide bonds. The third kappa shape index (κ3) is 3.94. The van der Waals surface area contributed by atoms with Crippen LogP contribution in [0.25, 0.3) is 0 Å². The number of hydrogen-bond donors (Lipinski definition) is 1. The van der Waals surface area contributed by atoms with Crippen molar-refractivity contribution in [2.45, 2.75) is 44.9 Å². The Hall–Kier alpha value is -1.36. The van der Waals surface area contributed by atoms with Gasteiger partial charge in [0.15, 0.2) is 0 Å². The Morgan fingerprint density at radius 3 is 2.61 bits per heavy atom.